The van der Waals surface area contributed by atoms with Gasteiger partial charge in [0.2, 0.25) is 5.91 Å². The normalized spacial score (nSPS) is 33.5. The second kappa shape index (κ2) is 7.16. The number of amides is 1. The van der Waals surface area contributed by atoms with E-state index in [0.717, 1.165) is 31.2 Å². The predicted octanol–water partition coefficient (Wildman–Crippen LogP) is 4.82. The molecule has 0 aromatic heterocycles. The molecule has 0 bridgehead atoms. The molecule has 6 heteroatoms. The van der Waals surface area contributed by atoms with Crippen molar-refractivity contribution in [2.24, 2.45) is 10.9 Å². The maximum Gasteiger partial charge on any atom is 0.242 e. The molecule has 1 saturated heterocycles. The Hall–Kier alpha value is -0.880. The van der Waals surface area contributed by atoms with E-state index in [1.807, 2.05) is 13.8 Å². The van der Waals surface area contributed by atoms with Crippen LogP contribution in [-0.4, -0.2) is 20.6 Å². The van der Waals surface area contributed by atoms with Gasteiger partial charge in [-0.25, -0.2) is 4.39 Å². The van der Waals surface area contributed by atoms with Crippen molar-refractivity contribution < 1.29 is 9.18 Å². The largest absolute Gasteiger partial charge is 0.304 e. The van der Waals surface area contributed by atoms with E-state index in [1.165, 1.54) is 12.1 Å². The zero-order valence-corrected chi connectivity index (χ0v) is 16.3. The van der Waals surface area contributed by atoms with Gasteiger partial charge < -0.3 is 5.32 Å². The lowest BCUT2D eigenvalue weighted by molar-refractivity contribution is -0.122. The van der Waals surface area contributed by atoms with Crippen molar-refractivity contribution in [1.29, 1.82) is 0 Å². The molecule has 1 aromatic rings. The van der Waals surface area contributed by atoms with E-state index in [-0.39, 0.29) is 17.8 Å². The quantitative estimate of drug-likeness (QED) is 0.722. The Morgan fingerprint density at radius 1 is 1.29 bits per heavy atom. The molecule has 2 atom stereocenters. The van der Waals surface area contributed by atoms with Crippen LogP contribution in [0.15, 0.2) is 29.3 Å². The summed E-state index contributed by atoms with van der Waals surface area (Å²) in [4.78, 5) is 17.8. The maximum atomic E-state index is 13.0. The highest BCUT2D eigenvalue weighted by Crippen LogP contribution is 2.46. The molecule has 3 rings (SSSR count). The molecular formula is C18H22BrFN2OS. The average molecular weight is 413 g/mol. The summed E-state index contributed by atoms with van der Waals surface area (Å²) in [6, 6.07) is 6.24. The monoisotopic (exact) mass is 412 g/mol. The van der Waals surface area contributed by atoms with Gasteiger partial charge in [0.1, 0.15) is 10.6 Å². The van der Waals surface area contributed by atoms with Crippen molar-refractivity contribution in [1.82, 2.24) is 5.32 Å². The van der Waals surface area contributed by atoms with Crippen molar-refractivity contribution in [3.05, 3.63) is 35.6 Å². The summed E-state index contributed by atoms with van der Waals surface area (Å²) in [6.07, 6.45) is 4.36. The van der Waals surface area contributed by atoms with Crippen LogP contribution >= 0.6 is 27.7 Å². The van der Waals surface area contributed by atoms with E-state index >= 15 is 0 Å². The minimum absolute atomic E-state index is 0.0654. The van der Waals surface area contributed by atoms with E-state index in [2.05, 4.69) is 26.2 Å². The molecule has 24 heavy (non-hydrogen) atoms. The van der Waals surface area contributed by atoms with Crippen LogP contribution in [0.3, 0.4) is 0 Å². The molecule has 1 N–H and O–H groups in total. The van der Waals surface area contributed by atoms with Gasteiger partial charge in [0.05, 0.1) is 6.04 Å². The molecular weight excluding hydrogens is 391 g/mol. The van der Waals surface area contributed by atoms with Crippen molar-refractivity contribution in [2.45, 2.75) is 55.1 Å². The smallest absolute Gasteiger partial charge is 0.242 e. The van der Waals surface area contributed by atoms with Crippen LogP contribution in [-0.2, 0) is 4.79 Å². The van der Waals surface area contributed by atoms with Gasteiger partial charge in [-0.2, -0.15) is 0 Å². The minimum Gasteiger partial charge on any atom is -0.304 e. The molecule has 1 heterocycles. The van der Waals surface area contributed by atoms with Crippen LogP contribution in [0.1, 0.15) is 51.1 Å². The molecule has 1 aliphatic carbocycles. The summed E-state index contributed by atoms with van der Waals surface area (Å²) >= 11 is 5.23. The van der Waals surface area contributed by atoms with Crippen LogP contribution in [0, 0.1) is 11.7 Å². The van der Waals surface area contributed by atoms with Gasteiger partial charge in [-0.05, 0) is 63.1 Å². The fourth-order valence-corrected chi connectivity index (χ4v) is 5.25. The molecule has 130 valence electrons. The Morgan fingerprint density at radius 2 is 1.92 bits per heavy atom. The Morgan fingerprint density at radius 3 is 2.54 bits per heavy atom. The standard InChI is InChI=1S/C18H22BrFN2OS/c1-11(12-3-9-15(20)10-4-12)21-17-22-16(23)18(2,24-17)13-5-7-14(19)8-6-13/h3-4,9-11,13-14H,5-8H2,1-2H3,(H,21,22,23)/t11-,13?,14?,18?/m0/s1. The maximum absolute atomic E-state index is 13.0. The molecule has 0 spiro atoms. The number of nitrogens with zero attached hydrogens (tertiary/aromatic N) is 1. The second-order valence-electron chi connectivity index (χ2n) is 6.77. The number of nitrogens with one attached hydrogen (secondary N) is 1. The first-order valence-electron chi connectivity index (χ1n) is 8.36. The number of benzene rings is 1. The first kappa shape index (κ1) is 17.9. The molecule has 1 aliphatic heterocycles. The highest BCUT2D eigenvalue weighted by atomic mass is 79.9. The SMILES string of the molecule is C[C@H](N=C1NC(=O)C(C)(C2CCC(Br)CC2)S1)c1ccc(F)cc1. The summed E-state index contributed by atoms with van der Waals surface area (Å²) in [5.41, 5.74) is 0.937. The number of amidine groups is 1. The molecule has 3 nitrogen and oxygen atoms in total. The molecule has 1 amide bonds. The second-order valence-corrected chi connectivity index (χ2v) is 9.51. The van der Waals surface area contributed by atoms with Gasteiger partial charge in [-0.15, -0.1) is 0 Å². The van der Waals surface area contributed by atoms with Gasteiger partial charge in [-0.3, -0.25) is 9.79 Å². The van der Waals surface area contributed by atoms with E-state index in [0.29, 0.717) is 15.9 Å². The number of rotatable bonds is 3. The molecule has 0 radical (unpaired) electrons. The van der Waals surface area contributed by atoms with Crippen LogP contribution in [0.2, 0.25) is 0 Å². The Labute approximate surface area is 155 Å². The minimum atomic E-state index is -0.436. The van der Waals surface area contributed by atoms with Crippen molar-refractivity contribution in [3.8, 4) is 0 Å². The van der Waals surface area contributed by atoms with Gasteiger partial charge >= 0.3 is 0 Å². The Bertz CT molecular complexity index is 643. The van der Waals surface area contributed by atoms with Gasteiger partial charge in [-0.1, -0.05) is 39.8 Å². The third-order valence-corrected chi connectivity index (χ3v) is 7.34. The summed E-state index contributed by atoms with van der Waals surface area (Å²) in [7, 11) is 0. The summed E-state index contributed by atoms with van der Waals surface area (Å²) in [5, 5.41) is 3.63. The molecule has 1 unspecified atom stereocenters. The van der Waals surface area contributed by atoms with Crippen LogP contribution < -0.4 is 5.32 Å². The number of carbonyl (C=O) groups excluding carboxylic acids is 1. The van der Waals surface area contributed by atoms with Crippen molar-refractivity contribution in [3.63, 3.8) is 0 Å². The third-order valence-electron chi connectivity index (χ3n) is 5.08. The Balaban J connectivity index is 1.72. The summed E-state index contributed by atoms with van der Waals surface area (Å²) < 4.78 is 12.6. The van der Waals surface area contributed by atoms with Gasteiger partial charge in [0.25, 0.3) is 0 Å². The lowest BCUT2D eigenvalue weighted by Crippen LogP contribution is -2.42. The first-order valence-corrected chi connectivity index (χ1v) is 10.1. The van der Waals surface area contributed by atoms with E-state index < -0.39 is 4.75 Å². The topological polar surface area (TPSA) is 41.5 Å². The molecule has 1 saturated carbocycles. The number of thioether (sulfide) groups is 1. The van der Waals surface area contributed by atoms with Crippen molar-refractivity contribution >= 4 is 38.8 Å². The van der Waals surface area contributed by atoms with Crippen molar-refractivity contribution in [2.75, 3.05) is 0 Å². The zero-order chi connectivity index (χ0) is 17.3. The predicted molar refractivity (Wildman–Crippen MR) is 101 cm³/mol. The van der Waals surface area contributed by atoms with E-state index in [1.54, 1.807) is 23.9 Å². The number of aliphatic imine (C=N–C) groups is 1. The van der Waals surface area contributed by atoms with Crippen LogP contribution in [0.25, 0.3) is 0 Å². The summed E-state index contributed by atoms with van der Waals surface area (Å²) in [6.45, 7) is 4.00. The lowest BCUT2D eigenvalue weighted by Gasteiger charge is -2.34. The zero-order valence-electron chi connectivity index (χ0n) is 13.9. The van der Waals surface area contributed by atoms with E-state index in [4.69, 9.17) is 0 Å². The number of hydrogen-bond donors (Lipinski definition) is 1. The summed E-state index contributed by atoms with van der Waals surface area (Å²) in [5.74, 6) is 0.192. The fraction of sp³-hybridized carbons (Fsp3) is 0.556. The fourth-order valence-electron chi connectivity index (χ4n) is 3.42. The van der Waals surface area contributed by atoms with Crippen LogP contribution in [0.4, 0.5) is 4.39 Å². The molecule has 2 fully saturated rings. The number of carbonyl (C=O) groups is 1. The van der Waals surface area contributed by atoms with Gasteiger partial charge in [0.15, 0.2) is 5.17 Å². The number of alkyl halides is 1. The highest BCUT2D eigenvalue weighted by Gasteiger charge is 2.49. The van der Waals surface area contributed by atoms with Gasteiger partial charge in [0, 0.05) is 4.83 Å². The number of halogens is 2. The molecule has 1 aromatic carbocycles. The van der Waals surface area contributed by atoms with E-state index in [9.17, 15) is 9.18 Å². The average Bonchev–Trinajstić information content (AvgIpc) is 2.83. The first-order chi connectivity index (χ1) is 11.4. The highest BCUT2D eigenvalue weighted by molar-refractivity contribution is 9.09. The lowest BCUT2D eigenvalue weighted by atomic mass is 9.80. The number of hydrogen-bond acceptors (Lipinski definition) is 3. The Kier molecular flexibility index (Phi) is 5.35. The van der Waals surface area contributed by atoms with Crippen LogP contribution in [0.5, 0.6) is 0 Å². The molecule has 2 aliphatic rings. The third kappa shape index (κ3) is 3.69.